The van der Waals surface area contributed by atoms with Gasteiger partial charge in [-0.3, -0.25) is 9.78 Å². The van der Waals surface area contributed by atoms with Crippen molar-refractivity contribution < 1.29 is 17.7 Å². The number of thiazole rings is 2. The number of hydrogen-bond donors (Lipinski definition) is 0. The quantitative estimate of drug-likeness (QED) is 0.132. The van der Waals surface area contributed by atoms with Crippen LogP contribution < -0.4 is 5.56 Å². The Hall–Kier alpha value is -6.60. The predicted octanol–water partition coefficient (Wildman–Crippen LogP) is 23.9. The summed E-state index contributed by atoms with van der Waals surface area (Å²) in [6.45, 7) is 69.9. The van der Waals surface area contributed by atoms with Crippen LogP contribution in [-0.4, -0.2) is 58.8 Å². The Kier molecular flexibility index (Phi) is 78.5. The summed E-state index contributed by atoms with van der Waals surface area (Å²) in [6.07, 6.45) is 22.3. The fourth-order valence-electron chi connectivity index (χ4n) is 5.60. The van der Waals surface area contributed by atoms with Crippen LogP contribution in [0.3, 0.4) is 0 Å². The predicted molar refractivity (Wildman–Crippen MR) is 404 cm³/mol. The van der Waals surface area contributed by atoms with Crippen molar-refractivity contribution in [2.45, 2.75) is 289 Å². The van der Waals surface area contributed by atoms with Crippen molar-refractivity contribution in [1.82, 2.24) is 58.8 Å². The van der Waals surface area contributed by atoms with Crippen molar-refractivity contribution in [3.8, 4) is 0 Å². The van der Waals surface area contributed by atoms with E-state index in [9.17, 15) is 4.79 Å². The van der Waals surface area contributed by atoms with Crippen LogP contribution in [0.2, 0.25) is 0 Å². The molecule has 0 spiro atoms. The first-order valence-electron chi connectivity index (χ1n) is 34.1. The Morgan fingerprint density at radius 1 is 0.441 bits per heavy atom. The minimum atomic E-state index is 0.0504. The highest BCUT2D eigenvalue weighted by Crippen LogP contribution is 2.18. The van der Waals surface area contributed by atoms with Gasteiger partial charge in [0.1, 0.15) is 18.3 Å². The van der Waals surface area contributed by atoms with Gasteiger partial charge in [-0.05, 0) is 41.1 Å². The highest BCUT2D eigenvalue weighted by molar-refractivity contribution is 7.09. The molecule has 19 heteroatoms. The van der Waals surface area contributed by atoms with Crippen LogP contribution in [0.4, 0.5) is 0 Å². The lowest BCUT2D eigenvalue weighted by Crippen LogP contribution is -2.15. The molecule has 9 heterocycles. The SMILES string of the molecule is CC.CC.CC.CC.CC.CC.CC.CC.CC(C)c1ccc(=O)n(C)c1.CC(C)c1cn(C)cn1.CC(C)c1cncn1C.CC(C)c1cnco1.CC(C)c1cncs1.CC(C)c1cocn1.CC(C)c1cscn1.CC(C)c1ncco1.CC(C)c1nnco1. The number of hydrogen-bond acceptors (Lipinski definition) is 16. The third kappa shape index (κ3) is 55.6. The molecule has 0 aliphatic heterocycles. The molecule has 0 amide bonds. The molecule has 0 aliphatic carbocycles. The van der Waals surface area contributed by atoms with E-state index in [1.165, 1.54) is 41.0 Å². The Morgan fingerprint density at radius 2 is 1.00 bits per heavy atom. The highest BCUT2D eigenvalue weighted by atomic mass is 32.1. The van der Waals surface area contributed by atoms with Crippen LogP contribution >= 0.6 is 22.7 Å². The van der Waals surface area contributed by atoms with Crippen LogP contribution in [0.25, 0.3) is 0 Å². The number of imidazole rings is 2. The number of aryl methyl sites for hydroxylation is 3. The summed E-state index contributed by atoms with van der Waals surface area (Å²) in [5, 5.41) is 9.31. The van der Waals surface area contributed by atoms with Gasteiger partial charge in [0.2, 0.25) is 17.8 Å². The molecule has 0 radical (unpaired) electrons. The first-order valence-corrected chi connectivity index (χ1v) is 36.0. The fourth-order valence-corrected chi connectivity index (χ4v) is 6.95. The summed E-state index contributed by atoms with van der Waals surface area (Å²) >= 11 is 3.38. The van der Waals surface area contributed by atoms with Crippen LogP contribution in [0, 0.1) is 0 Å². The molecule has 9 aromatic heterocycles. The molecule has 0 fully saturated rings. The largest absolute Gasteiger partial charge is 0.451 e. The van der Waals surface area contributed by atoms with Crippen LogP contribution in [-0.2, 0) is 21.1 Å². The Bertz CT molecular complexity index is 2460. The number of rotatable bonds is 9. The number of aromatic nitrogens is 12. The lowest BCUT2D eigenvalue weighted by molar-refractivity contribution is 0.470. The third-order valence-electron chi connectivity index (χ3n) is 10.5. The standard InChI is InChI=1S/C9H13NO.2C7H12N2.3C6H9NO.2C6H9NS.C5H8N2O.8C2H6/c1-7(2)8-4-5-9(11)10(3)6-8;1-6(2)7-4-9(3)5-8-7;1-6(2)7-4-8-5-9(7)3;1-5(2)6-3-8-4-7-6;1-5(2)6-3-7-4-8-6;1-5(2)6-7-3-4-8-6;1-5(2)6-3-8-4-7-6;1-5(2)6-3-7-4-8-6;1-4(2)5-7-6-3-8-5;8*1-2/h4-7H,1-3H3;2*4-6H,1-3H3;5*3-5H,1-2H3;3-4H,1-2H3;8*1-2H3. The van der Waals surface area contributed by atoms with Crippen LogP contribution in [0.1, 0.15) is 339 Å². The van der Waals surface area contributed by atoms with E-state index in [1.807, 2.05) is 216 Å². The Labute approximate surface area is 577 Å². The lowest BCUT2D eigenvalue weighted by Gasteiger charge is -2.05. The molecular formula is C74H138N12O5S2. The summed E-state index contributed by atoms with van der Waals surface area (Å²) in [6, 6.07) is 3.49. The second-order valence-electron chi connectivity index (χ2n) is 20.5. The van der Waals surface area contributed by atoms with Crippen molar-refractivity contribution >= 4 is 22.7 Å². The summed E-state index contributed by atoms with van der Waals surface area (Å²) < 4.78 is 25.2. The zero-order valence-corrected chi connectivity index (χ0v) is 67.4. The van der Waals surface area contributed by atoms with Gasteiger partial charge < -0.3 is 31.4 Å². The van der Waals surface area contributed by atoms with E-state index in [1.54, 1.807) is 65.3 Å². The van der Waals surface area contributed by atoms with Gasteiger partial charge in [-0.1, -0.05) is 241 Å². The molecule has 0 unspecified atom stereocenters. The normalized spacial score (nSPS) is 9.18. The molecule has 0 atom stereocenters. The van der Waals surface area contributed by atoms with Gasteiger partial charge in [-0.15, -0.1) is 32.9 Å². The van der Waals surface area contributed by atoms with Gasteiger partial charge in [0.15, 0.2) is 18.7 Å². The van der Waals surface area contributed by atoms with Gasteiger partial charge in [0.25, 0.3) is 0 Å². The number of nitrogens with zero attached hydrogens (tertiary/aromatic N) is 12. The van der Waals surface area contributed by atoms with Crippen molar-refractivity contribution in [2.75, 3.05) is 0 Å². The van der Waals surface area contributed by atoms with E-state index in [2.05, 4.69) is 147 Å². The first kappa shape index (κ1) is 103. The zero-order chi connectivity index (χ0) is 74.0. The van der Waals surface area contributed by atoms with Crippen molar-refractivity contribution in [1.29, 1.82) is 0 Å². The van der Waals surface area contributed by atoms with Crippen molar-refractivity contribution in [3.63, 3.8) is 0 Å². The molecule has 536 valence electrons. The van der Waals surface area contributed by atoms with Gasteiger partial charge in [0.05, 0.1) is 53.2 Å². The lowest BCUT2D eigenvalue weighted by atomic mass is 10.1. The van der Waals surface area contributed by atoms with Crippen molar-refractivity contribution in [2.24, 2.45) is 21.1 Å². The second-order valence-corrected chi connectivity index (χ2v) is 22.1. The van der Waals surface area contributed by atoms with Crippen LogP contribution in [0.5, 0.6) is 0 Å². The fraction of sp³-hybridized carbons (Fsp3) is 0.622. The summed E-state index contributed by atoms with van der Waals surface area (Å²) in [5.74, 6) is 6.99. The Balaban J connectivity index is -0.000000142. The van der Waals surface area contributed by atoms with E-state index in [4.69, 9.17) is 17.7 Å². The molecule has 0 N–H and O–H groups in total. The van der Waals surface area contributed by atoms with Gasteiger partial charge in [-0.25, -0.2) is 29.9 Å². The van der Waals surface area contributed by atoms with E-state index in [0.717, 1.165) is 23.0 Å². The molecule has 93 heavy (non-hydrogen) atoms. The molecule has 0 aromatic carbocycles. The number of oxazole rings is 3. The molecule has 0 saturated carbocycles. The Morgan fingerprint density at radius 3 is 1.23 bits per heavy atom. The average molecular weight is 1340 g/mol. The van der Waals surface area contributed by atoms with Gasteiger partial charge in [-0.2, -0.15) is 0 Å². The third-order valence-corrected chi connectivity index (χ3v) is 12.2. The molecule has 0 aliphatic rings. The number of pyridine rings is 1. The van der Waals surface area contributed by atoms with E-state index >= 15 is 0 Å². The van der Waals surface area contributed by atoms with E-state index in [0.29, 0.717) is 59.2 Å². The minimum Gasteiger partial charge on any atom is -0.451 e. The molecule has 0 bridgehead atoms. The maximum absolute atomic E-state index is 11.0. The van der Waals surface area contributed by atoms with Gasteiger partial charge >= 0.3 is 0 Å². The van der Waals surface area contributed by atoms with Crippen LogP contribution in [0.15, 0.2) is 133 Å². The minimum absolute atomic E-state index is 0.0504. The monoisotopic (exact) mass is 1340 g/mol. The van der Waals surface area contributed by atoms with Crippen molar-refractivity contribution in [3.05, 3.63) is 171 Å². The van der Waals surface area contributed by atoms with E-state index < -0.39 is 0 Å². The molecule has 9 aromatic rings. The molecule has 0 saturated heterocycles. The first-order chi connectivity index (χ1) is 44.3. The average Bonchev–Trinajstić information content (AvgIpc) is 2.50. The smallest absolute Gasteiger partial charge is 0.250 e. The molecular weight excluding hydrogens is 1200 g/mol. The van der Waals surface area contributed by atoms with E-state index in [-0.39, 0.29) is 5.56 Å². The topological polar surface area (TPSA) is 200 Å². The maximum atomic E-state index is 11.0. The summed E-state index contributed by atoms with van der Waals surface area (Å²) in [7, 11) is 5.77. The van der Waals surface area contributed by atoms with Gasteiger partial charge in [0, 0.05) is 85.7 Å². The summed E-state index contributed by atoms with van der Waals surface area (Å²) in [5.41, 5.74) is 9.67. The summed E-state index contributed by atoms with van der Waals surface area (Å²) in [4.78, 5) is 40.3. The highest BCUT2D eigenvalue weighted by Gasteiger charge is 2.05. The molecule has 17 nitrogen and oxygen atoms in total. The second kappa shape index (κ2) is 71.3. The maximum Gasteiger partial charge on any atom is 0.250 e. The zero-order valence-electron chi connectivity index (χ0n) is 65.8. The molecule has 9 rings (SSSR count).